The lowest BCUT2D eigenvalue weighted by Crippen LogP contribution is -2.44. The average molecular weight is 283 g/mol. The molecule has 1 fully saturated rings. The first-order chi connectivity index (χ1) is 9.00. The summed E-state index contributed by atoms with van der Waals surface area (Å²) >= 11 is 5.71. The maximum Gasteiger partial charge on any atom is 0.231 e. The summed E-state index contributed by atoms with van der Waals surface area (Å²) in [5.41, 5.74) is -0.440. The van der Waals surface area contributed by atoms with Gasteiger partial charge in [0.25, 0.3) is 0 Å². The Morgan fingerprint density at radius 1 is 1.58 bits per heavy atom. The number of aromatic nitrogens is 2. The van der Waals surface area contributed by atoms with E-state index in [1.807, 2.05) is 13.8 Å². The molecule has 2 rings (SSSR count). The van der Waals surface area contributed by atoms with Crippen LogP contribution in [-0.4, -0.2) is 29.0 Å². The lowest BCUT2D eigenvalue weighted by molar-refractivity contribution is -0.127. The Morgan fingerprint density at radius 2 is 2.37 bits per heavy atom. The highest BCUT2D eigenvalue weighted by atomic mass is 35.5. The maximum atomic E-state index is 12.4. The quantitative estimate of drug-likeness (QED) is 0.833. The Hall–Kier alpha value is -1.20. The van der Waals surface area contributed by atoms with Gasteiger partial charge in [0.1, 0.15) is 5.82 Å². The molecule has 0 spiro atoms. The summed E-state index contributed by atoms with van der Waals surface area (Å²) in [5.74, 6) is 0.747. The Balaban J connectivity index is 2.05. The number of halogens is 1. The van der Waals surface area contributed by atoms with Crippen LogP contribution >= 0.6 is 11.6 Å². The third-order valence-electron chi connectivity index (χ3n) is 3.77. The predicted molar refractivity (Wildman–Crippen MR) is 75.0 cm³/mol. The molecule has 1 amide bonds. The normalized spacial score (nSPS) is 20.1. The Kier molecular flexibility index (Phi) is 4.37. The van der Waals surface area contributed by atoms with Gasteiger partial charge < -0.3 is 10.6 Å². The van der Waals surface area contributed by atoms with Gasteiger partial charge in [-0.05, 0) is 49.5 Å². The van der Waals surface area contributed by atoms with E-state index in [-0.39, 0.29) is 11.2 Å². The zero-order chi connectivity index (χ0) is 13.9. The molecule has 0 aromatic carbocycles. The smallest absolute Gasteiger partial charge is 0.231 e. The number of nitrogens with one attached hydrogen (secondary N) is 2. The molecule has 1 unspecified atom stereocenters. The van der Waals surface area contributed by atoms with E-state index in [0.717, 1.165) is 25.9 Å². The minimum atomic E-state index is -0.440. The summed E-state index contributed by atoms with van der Waals surface area (Å²) in [6, 6.07) is 1.64. The molecule has 0 saturated carbocycles. The summed E-state index contributed by atoms with van der Waals surface area (Å²) in [4.78, 5) is 20.2. The molecule has 2 heterocycles. The number of piperidine rings is 1. The van der Waals surface area contributed by atoms with Crippen molar-refractivity contribution >= 4 is 23.3 Å². The zero-order valence-electron chi connectivity index (χ0n) is 11.2. The molecule has 1 aliphatic rings. The molecule has 1 saturated heterocycles. The molecule has 0 aliphatic carbocycles. The molecule has 19 heavy (non-hydrogen) atoms. The second-order valence-electron chi connectivity index (χ2n) is 5.43. The fourth-order valence-corrected chi connectivity index (χ4v) is 2.48. The highest BCUT2D eigenvalue weighted by molar-refractivity contribution is 6.28. The van der Waals surface area contributed by atoms with Gasteiger partial charge in [-0.25, -0.2) is 9.97 Å². The van der Waals surface area contributed by atoms with Gasteiger partial charge in [-0.2, -0.15) is 0 Å². The van der Waals surface area contributed by atoms with Crippen molar-refractivity contribution < 1.29 is 4.79 Å². The fraction of sp³-hybridized carbons (Fsp3) is 0.615. The monoisotopic (exact) mass is 282 g/mol. The second-order valence-corrected chi connectivity index (χ2v) is 5.77. The Labute approximate surface area is 118 Å². The van der Waals surface area contributed by atoms with Gasteiger partial charge in [0.15, 0.2) is 0 Å². The number of anilines is 1. The molecular weight excluding hydrogens is 264 g/mol. The van der Waals surface area contributed by atoms with Gasteiger partial charge in [-0.1, -0.05) is 13.8 Å². The number of carbonyl (C=O) groups excluding carboxylic acids is 1. The van der Waals surface area contributed by atoms with Crippen LogP contribution in [0.3, 0.4) is 0 Å². The van der Waals surface area contributed by atoms with E-state index in [1.165, 1.54) is 6.20 Å². The van der Waals surface area contributed by atoms with Crippen molar-refractivity contribution in [3.63, 3.8) is 0 Å². The predicted octanol–water partition coefficient (Wildman–Crippen LogP) is 2.09. The Morgan fingerprint density at radius 3 is 3.00 bits per heavy atom. The van der Waals surface area contributed by atoms with Gasteiger partial charge in [0.05, 0.1) is 0 Å². The molecule has 1 atom stereocenters. The third kappa shape index (κ3) is 3.42. The van der Waals surface area contributed by atoms with Crippen LogP contribution in [0.5, 0.6) is 0 Å². The van der Waals surface area contributed by atoms with E-state index in [1.54, 1.807) is 6.07 Å². The minimum Gasteiger partial charge on any atom is -0.316 e. The van der Waals surface area contributed by atoms with Crippen molar-refractivity contribution in [3.05, 3.63) is 17.5 Å². The van der Waals surface area contributed by atoms with Crippen LogP contribution in [0.1, 0.15) is 26.7 Å². The number of hydrogen-bond donors (Lipinski definition) is 2. The number of nitrogens with zero attached hydrogens (tertiary/aromatic N) is 2. The van der Waals surface area contributed by atoms with E-state index in [9.17, 15) is 4.79 Å². The first kappa shape index (κ1) is 14.2. The summed E-state index contributed by atoms with van der Waals surface area (Å²) in [6.07, 6.45) is 3.71. The van der Waals surface area contributed by atoms with Crippen molar-refractivity contribution in [1.82, 2.24) is 15.3 Å². The lowest BCUT2D eigenvalue weighted by Gasteiger charge is -2.35. The van der Waals surface area contributed by atoms with Gasteiger partial charge in [0.2, 0.25) is 11.2 Å². The SMILES string of the molecule is CC(C)(C(=O)Nc1ccnc(Cl)n1)C1CCCNC1. The van der Waals surface area contributed by atoms with Crippen molar-refractivity contribution in [2.24, 2.45) is 11.3 Å². The van der Waals surface area contributed by atoms with Crippen molar-refractivity contribution in [3.8, 4) is 0 Å². The largest absolute Gasteiger partial charge is 0.316 e. The highest BCUT2D eigenvalue weighted by Crippen LogP contribution is 2.32. The van der Waals surface area contributed by atoms with Crippen LogP contribution in [0.15, 0.2) is 12.3 Å². The number of amides is 1. The summed E-state index contributed by atoms with van der Waals surface area (Å²) in [5, 5.41) is 6.29. The number of hydrogen-bond acceptors (Lipinski definition) is 4. The summed E-state index contributed by atoms with van der Waals surface area (Å²) < 4.78 is 0. The standard InChI is InChI=1S/C13H19ClN4O/c1-13(2,9-4-3-6-15-8-9)11(19)17-10-5-7-16-12(14)18-10/h5,7,9,15H,3-4,6,8H2,1-2H3,(H,16,17,18,19). The molecule has 0 radical (unpaired) electrons. The van der Waals surface area contributed by atoms with Crippen molar-refractivity contribution in [2.45, 2.75) is 26.7 Å². The minimum absolute atomic E-state index is 0.0315. The van der Waals surface area contributed by atoms with Crippen molar-refractivity contribution in [1.29, 1.82) is 0 Å². The summed E-state index contributed by atoms with van der Waals surface area (Å²) in [6.45, 7) is 5.87. The third-order valence-corrected chi connectivity index (χ3v) is 3.95. The first-order valence-corrected chi connectivity index (χ1v) is 6.88. The topological polar surface area (TPSA) is 66.9 Å². The highest BCUT2D eigenvalue weighted by Gasteiger charge is 2.37. The molecule has 6 heteroatoms. The lowest BCUT2D eigenvalue weighted by atomic mass is 9.74. The average Bonchev–Trinajstić information content (AvgIpc) is 2.39. The van der Waals surface area contributed by atoms with Gasteiger partial charge >= 0.3 is 0 Å². The molecular formula is C13H19ClN4O. The van der Waals surface area contributed by atoms with Crippen LogP contribution < -0.4 is 10.6 Å². The molecule has 0 bridgehead atoms. The van der Waals surface area contributed by atoms with Crippen molar-refractivity contribution in [2.75, 3.05) is 18.4 Å². The van der Waals surface area contributed by atoms with Gasteiger partial charge in [-0.15, -0.1) is 0 Å². The van der Waals surface area contributed by atoms with Crippen LogP contribution in [0, 0.1) is 11.3 Å². The van der Waals surface area contributed by atoms with E-state index in [0.29, 0.717) is 11.7 Å². The molecule has 1 aromatic rings. The molecule has 2 N–H and O–H groups in total. The number of carbonyl (C=O) groups is 1. The van der Waals surface area contributed by atoms with E-state index >= 15 is 0 Å². The van der Waals surface area contributed by atoms with E-state index in [2.05, 4.69) is 20.6 Å². The molecule has 5 nitrogen and oxygen atoms in total. The second kappa shape index (κ2) is 5.84. The van der Waals surface area contributed by atoms with Gasteiger partial charge in [0, 0.05) is 11.6 Å². The van der Waals surface area contributed by atoms with Crippen LogP contribution in [0.4, 0.5) is 5.82 Å². The first-order valence-electron chi connectivity index (χ1n) is 6.51. The Bertz CT molecular complexity index is 458. The molecule has 104 valence electrons. The number of rotatable bonds is 3. The maximum absolute atomic E-state index is 12.4. The molecule has 1 aliphatic heterocycles. The fourth-order valence-electron chi connectivity index (χ4n) is 2.34. The van der Waals surface area contributed by atoms with Crippen LogP contribution in [-0.2, 0) is 4.79 Å². The van der Waals surface area contributed by atoms with E-state index < -0.39 is 5.41 Å². The van der Waals surface area contributed by atoms with E-state index in [4.69, 9.17) is 11.6 Å². The van der Waals surface area contributed by atoms with Crippen LogP contribution in [0.25, 0.3) is 0 Å². The van der Waals surface area contributed by atoms with Gasteiger partial charge in [-0.3, -0.25) is 4.79 Å². The zero-order valence-corrected chi connectivity index (χ0v) is 12.0. The molecule has 1 aromatic heterocycles. The van der Waals surface area contributed by atoms with Crippen LogP contribution in [0.2, 0.25) is 5.28 Å². The summed E-state index contributed by atoms with van der Waals surface area (Å²) in [7, 11) is 0.